The maximum atomic E-state index is 6.07. The van der Waals surface area contributed by atoms with Crippen LogP contribution in [0, 0.1) is 0 Å². The van der Waals surface area contributed by atoms with Crippen LogP contribution in [-0.4, -0.2) is 31.1 Å². The smallest absolute Gasteiger partial charge is 0.0174 e. The molecule has 1 atom stereocenters. The molecule has 0 spiro atoms. The summed E-state index contributed by atoms with van der Waals surface area (Å²) < 4.78 is 0. The van der Waals surface area contributed by atoms with E-state index < -0.39 is 0 Å². The molecule has 0 radical (unpaired) electrons. The lowest BCUT2D eigenvalue weighted by atomic mass is 9.82. The highest BCUT2D eigenvalue weighted by molar-refractivity contribution is 5.25. The largest absolute Gasteiger partial charge is 0.330 e. The van der Waals surface area contributed by atoms with Gasteiger partial charge in [-0.2, -0.15) is 0 Å². The van der Waals surface area contributed by atoms with E-state index in [4.69, 9.17) is 5.73 Å². The number of benzene rings is 1. The van der Waals surface area contributed by atoms with E-state index in [1.807, 2.05) is 0 Å². The summed E-state index contributed by atoms with van der Waals surface area (Å²) in [6, 6.07) is 10.7. The summed E-state index contributed by atoms with van der Waals surface area (Å²) in [5.41, 5.74) is 7.53. The molecule has 2 heteroatoms. The van der Waals surface area contributed by atoms with Gasteiger partial charge in [-0.3, -0.25) is 0 Å². The van der Waals surface area contributed by atoms with E-state index in [1.165, 1.54) is 44.3 Å². The monoisotopic (exact) mass is 246 g/mol. The van der Waals surface area contributed by atoms with Gasteiger partial charge in [-0.1, -0.05) is 50.1 Å². The molecule has 2 nitrogen and oxygen atoms in total. The second kappa shape index (κ2) is 6.35. The molecular weight excluding hydrogens is 220 g/mol. The minimum Gasteiger partial charge on any atom is -0.330 e. The molecule has 1 aliphatic rings. The molecule has 1 saturated heterocycles. The Balaban J connectivity index is 2.07. The summed E-state index contributed by atoms with van der Waals surface area (Å²) in [5.74, 6) is 0. The minimum absolute atomic E-state index is 0.0889. The number of likely N-dealkylation sites (tertiary alicyclic amines) is 1. The molecule has 2 rings (SSSR count). The third-order valence-corrected chi connectivity index (χ3v) is 4.19. The number of nitrogens with two attached hydrogens (primary N) is 1. The predicted molar refractivity (Wildman–Crippen MR) is 77.8 cm³/mol. The first-order chi connectivity index (χ1) is 8.74. The van der Waals surface area contributed by atoms with Crippen LogP contribution in [0.25, 0.3) is 0 Å². The summed E-state index contributed by atoms with van der Waals surface area (Å²) in [5, 5.41) is 0. The molecule has 0 aliphatic carbocycles. The fourth-order valence-corrected chi connectivity index (χ4v) is 2.90. The van der Waals surface area contributed by atoms with E-state index in [0.29, 0.717) is 6.54 Å². The van der Waals surface area contributed by atoms with Gasteiger partial charge in [0.05, 0.1) is 0 Å². The first kappa shape index (κ1) is 13.6. The van der Waals surface area contributed by atoms with Crippen molar-refractivity contribution in [2.75, 3.05) is 26.2 Å². The van der Waals surface area contributed by atoms with Crippen LogP contribution in [0.2, 0.25) is 0 Å². The summed E-state index contributed by atoms with van der Waals surface area (Å²) in [6.45, 7) is 6.58. The van der Waals surface area contributed by atoms with Crippen molar-refractivity contribution in [1.82, 2.24) is 4.90 Å². The molecule has 1 aromatic rings. The normalized spacial score (nSPS) is 21.2. The second-order valence-electron chi connectivity index (χ2n) is 5.82. The first-order valence-electron chi connectivity index (χ1n) is 7.22. The number of nitrogens with zero attached hydrogens (tertiary/aromatic N) is 1. The summed E-state index contributed by atoms with van der Waals surface area (Å²) in [4.78, 5) is 2.60. The molecule has 0 amide bonds. The van der Waals surface area contributed by atoms with Crippen molar-refractivity contribution in [3.05, 3.63) is 35.9 Å². The van der Waals surface area contributed by atoms with Gasteiger partial charge in [-0.25, -0.2) is 0 Å². The van der Waals surface area contributed by atoms with Gasteiger partial charge < -0.3 is 10.6 Å². The van der Waals surface area contributed by atoms with Gasteiger partial charge in [-0.05, 0) is 31.5 Å². The van der Waals surface area contributed by atoms with Crippen LogP contribution >= 0.6 is 0 Å². The Morgan fingerprint density at radius 1 is 1.06 bits per heavy atom. The van der Waals surface area contributed by atoms with Crippen LogP contribution in [-0.2, 0) is 5.41 Å². The van der Waals surface area contributed by atoms with Gasteiger partial charge in [0.15, 0.2) is 0 Å². The Morgan fingerprint density at radius 3 is 2.22 bits per heavy atom. The summed E-state index contributed by atoms with van der Waals surface area (Å²) in [6.07, 6.45) is 5.47. The van der Waals surface area contributed by atoms with Gasteiger partial charge >= 0.3 is 0 Å². The van der Waals surface area contributed by atoms with Crippen molar-refractivity contribution < 1.29 is 0 Å². The van der Waals surface area contributed by atoms with Gasteiger partial charge in [-0.15, -0.1) is 0 Å². The summed E-state index contributed by atoms with van der Waals surface area (Å²) >= 11 is 0. The van der Waals surface area contributed by atoms with E-state index in [9.17, 15) is 0 Å². The highest BCUT2D eigenvalue weighted by Crippen LogP contribution is 2.25. The minimum atomic E-state index is 0.0889. The van der Waals surface area contributed by atoms with Gasteiger partial charge in [0.2, 0.25) is 0 Å². The molecule has 0 bridgehead atoms. The van der Waals surface area contributed by atoms with Crippen LogP contribution in [0.3, 0.4) is 0 Å². The molecule has 0 aromatic heterocycles. The lowest BCUT2D eigenvalue weighted by Gasteiger charge is -2.34. The third-order valence-electron chi connectivity index (χ3n) is 4.19. The number of hydrogen-bond acceptors (Lipinski definition) is 2. The second-order valence-corrected chi connectivity index (χ2v) is 5.82. The molecule has 1 fully saturated rings. The zero-order valence-electron chi connectivity index (χ0n) is 11.6. The van der Waals surface area contributed by atoms with E-state index in [1.54, 1.807) is 0 Å². The Hall–Kier alpha value is -0.860. The summed E-state index contributed by atoms with van der Waals surface area (Å²) in [7, 11) is 0. The van der Waals surface area contributed by atoms with Crippen molar-refractivity contribution in [3.8, 4) is 0 Å². The quantitative estimate of drug-likeness (QED) is 0.885. The van der Waals surface area contributed by atoms with Crippen LogP contribution in [0.1, 0.15) is 38.2 Å². The molecule has 1 aliphatic heterocycles. The van der Waals surface area contributed by atoms with Crippen LogP contribution in [0.5, 0.6) is 0 Å². The van der Waals surface area contributed by atoms with Gasteiger partial charge in [0, 0.05) is 18.5 Å². The lowest BCUT2D eigenvalue weighted by Crippen LogP contribution is -2.44. The Bertz CT molecular complexity index is 341. The van der Waals surface area contributed by atoms with Crippen LogP contribution < -0.4 is 5.73 Å². The maximum Gasteiger partial charge on any atom is 0.0174 e. The average molecular weight is 246 g/mol. The molecular formula is C16H26N2. The van der Waals surface area contributed by atoms with Crippen molar-refractivity contribution in [3.63, 3.8) is 0 Å². The Kier molecular flexibility index (Phi) is 4.79. The molecule has 100 valence electrons. The zero-order chi connectivity index (χ0) is 12.8. The third kappa shape index (κ3) is 3.33. The zero-order valence-corrected chi connectivity index (χ0v) is 11.6. The lowest BCUT2D eigenvalue weighted by molar-refractivity contribution is 0.225. The topological polar surface area (TPSA) is 29.3 Å². The average Bonchev–Trinajstić information content (AvgIpc) is 2.68. The van der Waals surface area contributed by atoms with Crippen LogP contribution in [0.4, 0.5) is 0 Å². The van der Waals surface area contributed by atoms with Gasteiger partial charge in [0.25, 0.3) is 0 Å². The highest BCUT2D eigenvalue weighted by atomic mass is 15.1. The molecule has 18 heavy (non-hydrogen) atoms. The fourth-order valence-electron chi connectivity index (χ4n) is 2.90. The first-order valence-corrected chi connectivity index (χ1v) is 7.22. The van der Waals surface area contributed by atoms with E-state index in [2.05, 4.69) is 42.2 Å². The van der Waals surface area contributed by atoms with Crippen LogP contribution in [0.15, 0.2) is 30.3 Å². The molecule has 2 N–H and O–H groups in total. The molecule has 1 heterocycles. The number of rotatable bonds is 4. The molecule has 1 unspecified atom stereocenters. The van der Waals surface area contributed by atoms with Crippen molar-refractivity contribution in [2.45, 2.75) is 38.0 Å². The number of hydrogen-bond donors (Lipinski definition) is 1. The Labute approximate surface area is 111 Å². The van der Waals surface area contributed by atoms with Crippen molar-refractivity contribution in [2.24, 2.45) is 5.73 Å². The SMILES string of the molecule is CC(CN)(CN1CCCCCC1)c1ccccc1. The Morgan fingerprint density at radius 2 is 1.67 bits per heavy atom. The fraction of sp³-hybridized carbons (Fsp3) is 0.625. The molecule has 0 saturated carbocycles. The van der Waals surface area contributed by atoms with E-state index in [0.717, 1.165) is 6.54 Å². The molecule has 1 aromatic carbocycles. The van der Waals surface area contributed by atoms with Crippen molar-refractivity contribution >= 4 is 0 Å². The predicted octanol–water partition coefficient (Wildman–Crippen LogP) is 2.78. The van der Waals surface area contributed by atoms with Gasteiger partial charge in [0.1, 0.15) is 0 Å². The highest BCUT2D eigenvalue weighted by Gasteiger charge is 2.27. The maximum absolute atomic E-state index is 6.07. The van der Waals surface area contributed by atoms with E-state index in [-0.39, 0.29) is 5.41 Å². The standard InChI is InChI=1S/C16H26N2/c1-16(13-17,15-9-5-4-6-10-15)14-18-11-7-2-3-8-12-18/h4-6,9-10H,2-3,7-8,11-14,17H2,1H3. The van der Waals surface area contributed by atoms with E-state index >= 15 is 0 Å². The van der Waals surface area contributed by atoms with Crippen molar-refractivity contribution in [1.29, 1.82) is 0 Å².